The molecule has 2 aromatic carbocycles. The van der Waals surface area contributed by atoms with Crippen LogP contribution < -0.4 is 20.1 Å². The number of anilines is 1. The van der Waals surface area contributed by atoms with Crippen molar-refractivity contribution in [3.63, 3.8) is 0 Å². The summed E-state index contributed by atoms with van der Waals surface area (Å²) in [5, 5.41) is 5.41. The summed E-state index contributed by atoms with van der Waals surface area (Å²) in [5.41, 5.74) is 1.54. The molecule has 0 unspecified atom stereocenters. The van der Waals surface area contributed by atoms with Crippen LogP contribution in [0.2, 0.25) is 0 Å². The quantitative estimate of drug-likeness (QED) is 0.718. The van der Waals surface area contributed by atoms with Crippen molar-refractivity contribution in [2.45, 2.75) is 6.54 Å². The second kappa shape index (κ2) is 8.68. The van der Waals surface area contributed by atoms with Crippen molar-refractivity contribution in [1.82, 2.24) is 5.32 Å². The Morgan fingerprint density at radius 3 is 2.69 bits per heavy atom. The molecule has 0 fully saturated rings. The van der Waals surface area contributed by atoms with Crippen LogP contribution in [0.4, 0.5) is 5.69 Å². The first-order chi connectivity index (χ1) is 12.6. The second-order valence-corrected chi connectivity index (χ2v) is 6.43. The number of carbonyl (C=O) groups is 2. The number of benzene rings is 2. The molecule has 0 atom stereocenters. The molecule has 26 heavy (non-hydrogen) atoms. The van der Waals surface area contributed by atoms with Gasteiger partial charge in [0.05, 0.1) is 0 Å². The second-order valence-electron chi connectivity index (χ2n) is 5.52. The van der Waals surface area contributed by atoms with Gasteiger partial charge in [-0.15, -0.1) is 0 Å². The Kier molecular flexibility index (Phi) is 6.08. The Balaban J connectivity index is 1.35. The van der Waals surface area contributed by atoms with E-state index >= 15 is 0 Å². The van der Waals surface area contributed by atoms with Crippen LogP contribution in [0.15, 0.2) is 46.9 Å². The van der Waals surface area contributed by atoms with Gasteiger partial charge in [-0.2, -0.15) is 0 Å². The lowest BCUT2D eigenvalue weighted by atomic mass is 10.2. The van der Waals surface area contributed by atoms with E-state index in [1.54, 1.807) is 18.2 Å². The van der Waals surface area contributed by atoms with Crippen LogP contribution in [0.5, 0.6) is 11.5 Å². The number of rotatable bonds is 7. The summed E-state index contributed by atoms with van der Waals surface area (Å²) < 4.78 is 16.5. The third kappa shape index (κ3) is 5.21. The molecule has 0 aliphatic carbocycles. The van der Waals surface area contributed by atoms with Crippen LogP contribution in [0.3, 0.4) is 0 Å². The zero-order chi connectivity index (χ0) is 18.4. The van der Waals surface area contributed by atoms with E-state index in [2.05, 4.69) is 26.6 Å². The smallest absolute Gasteiger partial charge is 0.250 e. The minimum Gasteiger partial charge on any atom is -0.454 e. The molecular weight excluding hydrogens is 404 g/mol. The van der Waals surface area contributed by atoms with Gasteiger partial charge in [0.15, 0.2) is 11.5 Å². The lowest BCUT2D eigenvalue weighted by Crippen LogP contribution is -2.29. The van der Waals surface area contributed by atoms with E-state index in [1.807, 2.05) is 24.3 Å². The molecule has 0 radical (unpaired) electrons. The van der Waals surface area contributed by atoms with Gasteiger partial charge in [-0.25, -0.2) is 0 Å². The fraction of sp³-hybridized carbons (Fsp3) is 0.222. The first kappa shape index (κ1) is 18.2. The summed E-state index contributed by atoms with van der Waals surface area (Å²) in [4.78, 5) is 23.6. The van der Waals surface area contributed by atoms with E-state index in [0.29, 0.717) is 23.7 Å². The van der Waals surface area contributed by atoms with Gasteiger partial charge in [0.25, 0.3) is 0 Å². The van der Waals surface area contributed by atoms with Crippen LogP contribution in [0.25, 0.3) is 0 Å². The number of ether oxygens (including phenoxy) is 3. The third-order valence-electron chi connectivity index (χ3n) is 3.50. The van der Waals surface area contributed by atoms with E-state index in [4.69, 9.17) is 14.2 Å². The van der Waals surface area contributed by atoms with E-state index in [1.165, 1.54) is 0 Å². The van der Waals surface area contributed by atoms with Crippen molar-refractivity contribution in [2.24, 2.45) is 0 Å². The van der Waals surface area contributed by atoms with Crippen molar-refractivity contribution in [3.8, 4) is 11.5 Å². The summed E-state index contributed by atoms with van der Waals surface area (Å²) in [5.74, 6) is 0.724. The topological polar surface area (TPSA) is 85.9 Å². The number of hydrogen-bond donors (Lipinski definition) is 2. The Morgan fingerprint density at radius 1 is 1.04 bits per heavy atom. The Labute approximate surface area is 158 Å². The molecule has 7 nitrogen and oxygen atoms in total. The van der Waals surface area contributed by atoms with E-state index in [9.17, 15) is 9.59 Å². The third-order valence-corrected chi connectivity index (χ3v) is 3.99. The lowest BCUT2D eigenvalue weighted by molar-refractivity contribution is -0.128. The highest BCUT2D eigenvalue weighted by molar-refractivity contribution is 9.10. The Hall–Kier alpha value is -2.58. The van der Waals surface area contributed by atoms with Gasteiger partial charge in [-0.1, -0.05) is 28.1 Å². The monoisotopic (exact) mass is 420 g/mol. The highest BCUT2D eigenvalue weighted by atomic mass is 79.9. The predicted molar refractivity (Wildman–Crippen MR) is 98.0 cm³/mol. The molecule has 0 bridgehead atoms. The minimum atomic E-state index is -0.327. The van der Waals surface area contributed by atoms with Crippen molar-refractivity contribution < 1.29 is 23.8 Å². The normalized spacial score (nSPS) is 11.9. The molecule has 0 aromatic heterocycles. The lowest BCUT2D eigenvalue weighted by Gasteiger charge is -2.08. The number of hydrogen-bond acceptors (Lipinski definition) is 5. The molecule has 8 heteroatoms. The first-order valence-electron chi connectivity index (χ1n) is 7.88. The van der Waals surface area contributed by atoms with Crippen LogP contribution in [0, 0.1) is 0 Å². The van der Waals surface area contributed by atoms with Gasteiger partial charge in [0, 0.05) is 16.7 Å². The molecule has 3 rings (SSSR count). The number of amides is 2. The molecule has 2 amide bonds. The highest BCUT2D eigenvalue weighted by Crippen LogP contribution is 2.32. The van der Waals surface area contributed by atoms with Crippen LogP contribution in [-0.2, 0) is 20.9 Å². The number of fused-ring (bicyclic) bond motifs is 1. The average molecular weight is 421 g/mol. The van der Waals surface area contributed by atoms with Crippen molar-refractivity contribution in [1.29, 1.82) is 0 Å². The van der Waals surface area contributed by atoms with Gasteiger partial charge in [0.2, 0.25) is 18.6 Å². The summed E-state index contributed by atoms with van der Waals surface area (Å²) in [6, 6.07) is 12.7. The summed E-state index contributed by atoms with van der Waals surface area (Å²) >= 11 is 3.33. The van der Waals surface area contributed by atoms with Crippen molar-refractivity contribution in [3.05, 3.63) is 52.5 Å². The molecule has 0 saturated heterocycles. The first-order valence-corrected chi connectivity index (χ1v) is 8.68. The fourth-order valence-corrected chi connectivity index (χ4v) is 2.70. The number of halogens is 1. The molecule has 1 aliphatic rings. The van der Waals surface area contributed by atoms with E-state index in [0.717, 1.165) is 10.0 Å². The molecule has 1 heterocycles. The molecule has 0 saturated carbocycles. The molecular formula is C18H17BrN2O5. The number of carbonyl (C=O) groups excluding carboxylic acids is 2. The van der Waals surface area contributed by atoms with Gasteiger partial charge in [0.1, 0.15) is 13.2 Å². The highest BCUT2D eigenvalue weighted by Gasteiger charge is 2.13. The maximum absolute atomic E-state index is 11.8. The summed E-state index contributed by atoms with van der Waals surface area (Å²) in [6.07, 6.45) is 0. The Bertz CT molecular complexity index is 812. The van der Waals surface area contributed by atoms with Gasteiger partial charge < -0.3 is 24.8 Å². The Morgan fingerprint density at radius 2 is 1.85 bits per heavy atom. The zero-order valence-electron chi connectivity index (χ0n) is 13.8. The van der Waals surface area contributed by atoms with Crippen LogP contribution >= 0.6 is 15.9 Å². The SMILES string of the molecule is O=C(COCC(=O)Nc1cccc(Br)c1)NCc1ccc2c(c1)OCO2. The minimum absolute atomic E-state index is 0.198. The molecule has 0 spiro atoms. The van der Waals surface area contributed by atoms with Gasteiger partial charge in [-0.05, 0) is 35.9 Å². The largest absolute Gasteiger partial charge is 0.454 e. The standard InChI is InChI=1S/C18H17BrN2O5/c19-13-2-1-3-14(7-13)21-18(23)10-24-9-17(22)20-8-12-4-5-15-16(6-12)26-11-25-15/h1-7H,8-11H2,(H,20,22)(H,21,23). The summed E-state index contributed by atoms with van der Waals surface area (Å²) in [6.45, 7) is 0.143. The van der Waals surface area contributed by atoms with E-state index < -0.39 is 0 Å². The average Bonchev–Trinajstić information content (AvgIpc) is 3.07. The van der Waals surface area contributed by atoms with Gasteiger partial charge in [-0.3, -0.25) is 9.59 Å². The predicted octanol–water partition coefficient (Wildman–Crippen LogP) is 2.45. The molecule has 2 N–H and O–H groups in total. The maximum Gasteiger partial charge on any atom is 0.250 e. The summed E-state index contributed by atoms with van der Waals surface area (Å²) in [7, 11) is 0. The maximum atomic E-state index is 11.8. The fourth-order valence-electron chi connectivity index (χ4n) is 2.30. The van der Waals surface area contributed by atoms with Crippen molar-refractivity contribution in [2.75, 3.05) is 25.3 Å². The van der Waals surface area contributed by atoms with E-state index in [-0.39, 0.29) is 31.8 Å². The molecule has 136 valence electrons. The number of nitrogens with one attached hydrogen (secondary N) is 2. The van der Waals surface area contributed by atoms with Gasteiger partial charge >= 0.3 is 0 Å². The van der Waals surface area contributed by atoms with Crippen molar-refractivity contribution >= 4 is 33.4 Å². The van der Waals surface area contributed by atoms with Crippen LogP contribution in [0.1, 0.15) is 5.56 Å². The molecule has 2 aromatic rings. The van der Waals surface area contributed by atoms with Crippen LogP contribution in [-0.4, -0.2) is 31.8 Å². The molecule has 1 aliphatic heterocycles. The zero-order valence-corrected chi connectivity index (χ0v) is 15.4.